The third kappa shape index (κ3) is 4.31. The Hall–Kier alpha value is -4.29. The highest BCUT2D eigenvalue weighted by atomic mass is 19.4. The summed E-state index contributed by atoms with van der Waals surface area (Å²) in [7, 11) is 0. The van der Waals surface area contributed by atoms with Gasteiger partial charge in [-0.1, -0.05) is 30.3 Å². The lowest BCUT2D eigenvalue weighted by molar-refractivity contribution is -0.140. The number of carbonyl (C=O) groups excluding carboxylic acids is 2. The van der Waals surface area contributed by atoms with Crippen LogP contribution in [-0.2, 0) is 19.1 Å². The maximum absolute atomic E-state index is 13.7. The minimum absolute atomic E-state index is 0.00726. The Morgan fingerprint density at radius 2 is 1.94 bits per heavy atom. The van der Waals surface area contributed by atoms with E-state index in [2.05, 4.69) is 25.5 Å². The minimum Gasteiger partial charge on any atom is -0.366 e. The summed E-state index contributed by atoms with van der Waals surface area (Å²) in [6.45, 7) is 2.93. The molecule has 4 aromatic rings. The Morgan fingerprint density at radius 3 is 2.59 bits per heavy atom. The molecule has 3 aromatic heterocycles. The van der Waals surface area contributed by atoms with Crippen LogP contribution in [0.2, 0.25) is 0 Å². The molecule has 0 fully saturated rings. The van der Waals surface area contributed by atoms with E-state index in [4.69, 9.17) is 10.3 Å². The maximum atomic E-state index is 13.7. The lowest BCUT2D eigenvalue weighted by Gasteiger charge is -2.10. The van der Waals surface area contributed by atoms with Crippen LogP contribution >= 0.6 is 0 Å². The summed E-state index contributed by atoms with van der Waals surface area (Å²) < 4.78 is 47.2. The SMILES string of the molecule is CCc1noc(Cn2nc(C(F)(F)F)c(NC(=O)c3cc(C(N)=O)c4ccccc4n3)c2C)n1. The molecule has 10 nitrogen and oxygen atoms in total. The largest absolute Gasteiger partial charge is 0.437 e. The number of nitrogens with one attached hydrogen (secondary N) is 1. The van der Waals surface area contributed by atoms with E-state index >= 15 is 0 Å². The first kappa shape index (κ1) is 22.9. The number of primary amides is 1. The van der Waals surface area contributed by atoms with E-state index < -0.39 is 29.4 Å². The average molecular weight is 473 g/mol. The van der Waals surface area contributed by atoms with Crippen LogP contribution in [-0.4, -0.2) is 36.7 Å². The Labute approximate surface area is 190 Å². The zero-order chi connectivity index (χ0) is 24.6. The second-order valence-corrected chi connectivity index (χ2v) is 7.31. The van der Waals surface area contributed by atoms with Crippen molar-refractivity contribution in [3.63, 3.8) is 0 Å². The molecule has 0 aliphatic rings. The van der Waals surface area contributed by atoms with Crippen LogP contribution in [0.1, 0.15) is 50.9 Å². The number of carbonyl (C=O) groups is 2. The van der Waals surface area contributed by atoms with Crippen LogP contribution < -0.4 is 11.1 Å². The first-order valence-corrected chi connectivity index (χ1v) is 10.1. The molecule has 0 radical (unpaired) electrons. The molecule has 0 atom stereocenters. The monoisotopic (exact) mass is 473 g/mol. The van der Waals surface area contributed by atoms with E-state index in [1.54, 1.807) is 31.2 Å². The third-order valence-electron chi connectivity index (χ3n) is 5.04. The van der Waals surface area contributed by atoms with Crippen molar-refractivity contribution in [3.05, 3.63) is 64.7 Å². The van der Waals surface area contributed by atoms with E-state index in [0.29, 0.717) is 17.6 Å². The van der Waals surface area contributed by atoms with Crippen molar-refractivity contribution in [2.75, 3.05) is 5.32 Å². The molecule has 176 valence electrons. The first-order chi connectivity index (χ1) is 16.1. The number of hydrogen-bond acceptors (Lipinski definition) is 7. The number of anilines is 1. The molecule has 0 unspecified atom stereocenters. The number of para-hydroxylation sites is 1. The number of aromatic nitrogens is 5. The molecule has 0 aliphatic carbocycles. The van der Waals surface area contributed by atoms with Gasteiger partial charge in [-0.3, -0.25) is 14.3 Å². The van der Waals surface area contributed by atoms with Gasteiger partial charge >= 0.3 is 6.18 Å². The van der Waals surface area contributed by atoms with Crippen molar-refractivity contribution in [2.24, 2.45) is 5.73 Å². The topological polar surface area (TPSA) is 142 Å². The van der Waals surface area contributed by atoms with Gasteiger partial charge in [-0.05, 0) is 19.1 Å². The maximum Gasteiger partial charge on any atom is 0.437 e. The minimum atomic E-state index is -4.86. The van der Waals surface area contributed by atoms with E-state index in [-0.39, 0.29) is 34.9 Å². The number of hydrogen-bond donors (Lipinski definition) is 2. The normalized spacial score (nSPS) is 11.7. The van der Waals surface area contributed by atoms with E-state index in [9.17, 15) is 22.8 Å². The number of nitrogens with two attached hydrogens (primary N) is 1. The standard InChI is InChI=1S/C21H18F3N7O3/c1-3-15-27-16(34-30-15)9-31-10(2)17(18(29-31)21(22,23)24)28-20(33)14-8-12(19(25)32)11-6-4-5-7-13(11)26-14/h4-8H,3,9H2,1-2H3,(H2,25,32)(H,28,33). The molecule has 0 saturated carbocycles. The van der Waals surface area contributed by atoms with Crippen LogP contribution in [0, 0.1) is 6.92 Å². The number of amides is 2. The Balaban J connectivity index is 1.72. The summed E-state index contributed by atoms with van der Waals surface area (Å²) in [6.07, 6.45) is -4.38. The summed E-state index contributed by atoms with van der Waals surface area (Å²) in [4.78, 5) is 33.0. The van der Waals surface area contributed by atoms with Crippen molar-refractivity contribution in [1.29, 1.82) is 0 Å². The summed E-state index contributed by atoms with van der Waals surface area (Å²) in [5.41, 5.74) is 3.59. The Kier molecular flexibility index (Phi) is 5.77. The number of halogens is 3. The first-order valence-electron chi connectivity index (χ1n) is 10.1. The molecule has 0 bridgehead atoms. The van der Waals surface area contributed by atoms with Crippen LogP contribution in [0.15, 0.2) is 34.9 Å². The van der Waals surface area contributed by atoms with Crippen molar-refractivity contribution in [3.8, 4) is 0 Å². The Morgan fingerprint density at radius 1 is 1.21 bits per heavy atom. The highest BCUT2D eigenvalue weighted by molar-refractivity contribution is 6.10. The molecule has 2 amide bonds. The number of rotatable bonds is 6. The fourth-order valence-electron chi connectivity index (χ4n) is 3.35. The molecular formula is C21H18F3N7O3. The van der Waals surface area contributed by atoms with Crippen molar-refractivity contribution in [2.45, 2.75) is 33.0 Å². The molecule has 3 N–H and O–H groups in total. The van der Waals surface area contributed by atoms with Crippen LogP contribution in [0.3, 0.4) is 0 Å². The van der Waals surface area contributed by atoms with Crippen molar-refractivity contribution >= 4 is 28.4 Å². The van der Waals surface area contributed by atoms with Gasteiger partial charge in [-0.2, -0.15) is 23.3 Å². The van der Waals surface area contributed by atoms with Crippen LogP contribution in [0.25, 0.3) is 10.9 Å². The lowest BCUT2D eigenvalue weighted by Crippen LogP contribution is -2.19. The van der Waals surface area contributed by atoms with Gasteiger partial charge in [0, 0.05) is 11.8 Å². The van der Waals surface area contributed by atoms with Gasteiger partial charge < -0.3 is 15.6 Å². The average Bonchev–Trinajstić information content (AvgIpc) is 3.37. The molecule has 13 heteroatoms. The van der Waals surface area contributed by atoms with Gasteiger partial charge in [0.15, 0.2) is 11.5 Å². The van der Waals surface area contributed by atoms with Crippen LogP contribution in [0.4, 0.5) is 18.9 Å². The predicted molar refractivity (Wildman–Crippen MR) is 113 cm³/mol. The lowest BCUT2D eigenvalue weighted by atomic mass is 10.1. The van der Waals surface area contributed by atoms with Crippen molar-refractivity contribution < 1.29 is 27.3 Å². The zero-order valence-corrected chi connectivity index (χ0v) is 18.0. The fourth-order valence-corrected chi connectivity index (χ4v) is 3.35. The van der Waals surface area contributed by atoms with E-state index in [1.165, 1.54) is 6.92 Å². The van der Waals surface area contributed by atoms with Gasteiger partial charge in [-0.25, -0.2) is 4.98 Å². The summed E-state index contributed by atoms with van der Waals surface area (Å²) in [6, 6.07) is 7.59. The summed E-state index contributed by atoms with van der Waals surface area (Å²) >= 11 is 0. The predicted octanol–water partition coefficient (Wildman–Crippen LogP) is 3.10. The van der Waals surface area contributed by atoms with Gasteiger partial charge in [-0.15, -0.1) is 0 Å². The van der Waals surface area contributed by atoms with Gasteiger partial charge in [0.1, 0.15) is 12.2 Å². The number of alkyl halides is 3. The highest BCUT2D eigenvalue weighted by Crippen LogP contribution is 2.36. The summed E-state index contributed by atoms with van der Waals surface area (Å²) in [5.74, 6) is -1.31. The number of benzene rings is 1. The number of aryl methyl sites for hydroxylation is 1. The highest BCUT2D eigenvalue weighted by Gasteiger charge is 2.39. The van der Waals surface area contributed by atoms with Gasteiger partial charge in [0.2, 0.25) is 11.8 Å². The smallest absolute Gasteiger partial charge is 0.366 e. The third-order valence-corrected chi connectivity index (χ3v) is 5.04. The summed E-state index contributed by atoms with van der Waals surface area (Å²) in [5, 5.41) is 9.96. The second kappa shape index (κ2) is 8.57. The molecule has 1 aromatic carbocycles. The Bertz CT molecular complexity index is 1410. The van der Waals surface area contributed by atoms with E-state index in [1.807, 2.05) is 0 Å². The second-order valence-electron chi connectivity index (χ2n) is 7.31. The van der Waals surface area contributed by atoms with Gasteiger partial charge in [0.05, 0.1) is 22.5 Å². The number of fused-ring (bicyclic) bond motifs is 1. The quantitative estimate of drug-likeness (QED) is 0.438. The van der Waals surface area contributed by atoms with Crippen molar-refractivity contribution in [1.82, 2.24) is 24.9 Å². The van der Waals surface area contributed by atoms with E-state index in [0.717, 1.165) is 10.7 Å². The van der Waals surface area contributed by atoms with Gasteiger partial charge in [0.25, 0.3) is 5.91 Å². The molecular weight excluding hydrogens is 455 g/mol. The number of pyridine rings is 1. The number of nitrogens with zero attached hydrogens (tertiary/aromatic N) is 5. The molecule has 3 heterocycles. The molecule has 0 spiro atoms. The molecule has 0 saturated heterocycles. The fraction of sp³-hybridized carbons (Fsp3) is 0.238. The van der Waals surface area contributed by atoms with Crippen LogP contribution in [0.5, 0.6) is 0 Å². The molecule has 34 heavy (non-hydrogen) atoms. The molecule has 4 rings (SSSR count). The zero-order valence-electron chi connectivity index (χ0n) is 18.0. The molecule has 0 aliphatic heterocycles.